The lowest BCUT2D eigenvalue weighted by molar-refractivity contribution is -0.123. The van der Waals surface area contributed by atoms with Gasteiger partial charge in [-0.1, -0.05) is 90.4 Å². The predicted octanol–water partition coefficient (Wildman–Crippen LogP) is 4.68. The molecule has 0 rings (SSSR count). The Hall–Kier alpha value is -0.610. The van der Waals surface area contributed by atoms with E-state index < -0.39 is 6.10 Å². The van der Waals surface area contributed by atoms with Crippen LogP contribution in [0, 0.1) is 0 Å². The lowest BCUT2D eigenvalue weighted by Gasteiger charge is -2.10. The van der Waals surface area contributed by atoms with Gasteiger partial charge in [-0.2, -0.15) is 0 Å². The van der Waals surface area contributed by atoms with Crippen LogP contribution in [-0.2, 0) is 4.79 Å². The molecule has 25 heavy (non-hydrogen) atoms. The molecule has 0 heterocycles. The van der Waals surface area contributed by atoms with Crippen molar-refractivity contribution >= 4 is 5.91 Å². The Morgan fingerprint density at radius 1 is 0.840 bits per heavy atom. The summed E-state index contributed by atoms with van der Waals surface area (Å²) in [6, 6.07) is 0. The summed E-state index contributed by atoms with van der Waals surface area (Å²) < 4.78 is 0. The summed E-state index contributed by atoms with van der Waals surface area (Å²) in [6.45, 7) is 3.46. The van der Waals surface area contributed by atoms with Crippen molar-refractivity contribution in [1.29, 1.82) is 0 Å². The van der Waals surface area contributed by atoms with E-state index in [-0.39, 0.29) is 12.3 Å². The Kier molecular flexibility index (Phi) is 19.2. The van der Waals surface area contributed by atoms with Gasteiger partial charge in [0.1, 0.15) is 0 Å². The molecule has 4 nitrogen and oxygen atoms in total. The second kappa shape index (κ2) is 19.7. The summed E-state index contributed by atoms with van der Waals surface area (Å²) in [4.78, 5) is 11.6. The van der Waals surface area contributed by atoms with Crippen molar-refractivity contribution < 1.29 is 9.90 Å². The van der Waals surface area contributed by atoms with Crippen LogP contribution in [0.25, 0.3) is 0 Å². The van der Waals surface area contributed by atoms with Crippen molar-refractivity contribution in [2.45, 2.75) is 116 Å². The normalized spacial score (nSPS) is 12.3. The predicted molar refractivity (Wildman–Crippen MR) is 108 cm³/mol. The van der Waals surface area contributed by atoms with Crippen LogP contribution in [0.1, 0.15) is 110 Å². The van der Waals surface area contributed by atoms with E-state index in [0.29, 0.717) is 13.1 Å². The zero-order valence-electron chi connectivity index (χ0n) is 16.7. The van der Waals surface area contributed by atoms with Gasteiger partial charge in [-0.25, -0.2) is 0 Å². The number of unbranched alkanes of at least 4 members (excludes halogenated alkanes) is 12. The molecule has 0 radical (unpaired) electrons. The number of amides is 1. The zero-order chi connectivity index (χ0) is 18.6. The molecule has 0 aromatic rings. The number of hydrogen-bond donors (Lipinski definition) is 3. The first-order valence-electron chi connectivity index (χ1n) is 10.9. The van der Waals surface area contributed by atoms with Crippen LogP contribution in [0.4, 0.5) is 0 Å². The maximum atomic E-state index is 11.6. The molecule has 0 aliphatic carbocycles. The molecule has 0 saturated heterocycles. The van der Waals surface area contributed by atoms with Crippen LogP contribution in [0.2, 0.25) is 0 Å². The summed E-state index contributed by atoms with van der Waals surface area (Å²) in [5.41, 5.74) is 5.38. The first kappa shape index (κ1) is 24.4. The molecule has 150 valence electrons. The Morgan fingerprint density at radius 3 is 1.80 bits per heavy atom. The average molecular weight is 357 g/mol. The fraction of sp³-hybridized carbons (Fsp3) is 0.952. The number of nitrogens with two attached hydrogens (primary N) is 1. The lowest BCUT2D eigenvalue weighted by Crippen LogP contribution is -2.29. The highest BCUT2D eigenvalue weighted by atomic mass is 16.3. The van der Waals surface area contributed by atoms with E-state index in [2.05, 4.69) is 12.2 Å². The molecule has 4 N–H and O–H groups in total. The van der Waals surface area contributed by atoms with E-state index in [1.165, 1.54) is 77.0 Å². The third-order valence-electron chi connectivity index (χ3n) is 4.76. The van der Waals surface area contributed by atoms with Gasteiger partial charge in [-0.3, -0.25) is 4.79 Å². The molecule has 0 saturated carbocycles. The third-order valence-corrected chi connectivity index (χ3v) is 4.76. The zero-order valence-corrected chi connectivity index (χ0v) is 16.7. The second-order valence-corrected chi connectivity index (χ2v) is 7.38. The standard InChI is InChI=1S/C21H44N2O2/c1-2-3-4-5-6-7-8-9-10-11-12-13-14-16-20(24)19-21(25)23-18-15-17-22/h20,24H,2-19,22H2,1H3,(H,23,25)/t20-/m1/s1. The molecule has 0 spiro atoms. The monoisotopic (exact) mass is 356 g/mol. The SMILES string of the molecule is CCCCCCCCCCCCCCC[C@@H](O)CC(=O)NCCCN. The van der Waals surface area contributed by atoms with Crippen LogP contribution < -0.4 is 11.1 Å². The number of carbonyl (C=O) groups excluding carboxylic acids is 1. The van der Waals surface area contributed by atoms with E-state index in [1.807, 2.05) is 0 Å². The minimum Gasteiger partial charge on any atom is -0.393 e. The van der Waals surface area contributed by atoms with Gasteiger partial charge in [0, 0.05) is 6.54 Å². The summed E-state index contributed by atoms with van der Waals surface area (Å²) in [5, 5.41) is 12.7. The number of aliphatic hydroxyl groups excluding tert-OH is 1. The van der Waals surface area contributed by atoms with Crippen molar-refractivity contribution in [2.75, 3.05) is 13.1 Å². The minimum absolute atomic E-state index is 0.0596. The van der Waals surface area contributed by atoms with Crippen molar-refractivity contribution in [2.24, 2.45) is 5.73 Å². The van der Waals surface area contributed by atoms with Crippen LogP contribution in [0.3, 0.4) is 0 Å². The maximum absolute atomic E-state index is 11.6. The number of nitrogens with one attached hydrogen (secondary N) is 1. The van der Waals surface area contributed by atoms with Crippen LogP contribution >= 0.6 is 0 Å². The van der Waals surface area contributed by atoms with E-state index in [0.717, 1.165) is 19.3 Å². The summed E-state index contributed by atoms with van der Waals surface area (Å²) in [6.07, 6.45) is 18.5. The van der Waals surface area contributed by atoms with Crippen LogP contribution in [0.15, 0.2) is 0 Å². The first-order valence-corrected chi connectivity index (χ1v) is 10.9. The molecule has 1 amide bonds. The molecular weight excluding hydrogens is 312 g/mol. The molecule has 0 aliphatic heterocycles. The van der Waals surface area contributed by atoms with Gasteiger partial charge in [0.05, 0.1) is 12.5 Å². The first-order chi connectivity index (χ1) is 12.2. The van der Waals surface area contributed by atoms with E-state index in [1.54, 1.807) is 0 Å². The molecule has 0 bridgehead atoms. The second-order valence-electron chi connectivity index (χ2n) is 7.38. The third kappa shape index (κ3) is 19.6. The molecule has 0 aromatic heterocycles. The van der Waals surface area contributed by atoms with Crippen LogP contribution in [-0.4, -0.2) is 30.2 Å². The highest BCUT2D eigenvalue weighted by molar-refractivity contribution is 5.76. The van der Waals surface area contributed by atoms with Crippen molar-refractivity contribution in [1.82, 2.24) is 5.32 Å². The smallest absolute Gasteiger partial charge is 0.222 e. The Balaban J connectivity index is 3.23. The highest BCUT2D eigenvalue weighted by Gasteiger charge is 2.09. The van der Waals surface area contributed by atoms with Gasteiger partial charge in [-0.05, 0) is 19.4 Å². The van der Waals surface area contributed by atoms with Gasteiger partial charge in [0.2, 0.25) is 5.91 Å². The Labute approximate surface area is 156 Å². The van der Waals surface area contributed by atoms with Gasteiger partial charge in [0.15, 0.2) is 0 Å². The van der Waals surface area contributed by atoms with E-state index in [4.69, 9.17) is 5.73 Å². The van der Waals surface area contributed by atoms with Gasteiger partial charge in [-0.15, -0.1) is 0 Å². The summed E-state index contributed by atoms with van der Waals surface area (Å²) >= 11 is 0. The average Bonchev–Trinajstić information content (AvgIpc) is 2.59. The number of carbonyl (C=O) groups is 1. The lowest BCUT2D eigenvalue weighted by atomic mass is 10.0. The molecule has 0 aliphatic rings. The van der Waals surface area contributed by atoms with Crippen molar-refractivity contribution in [3.8, 4) is 0 Å². The quantitative estimate of drug-likeness (QED) is 0.294. The van der Waals surface area contributed by atoms with Gasteiger partial charge < -0.3 is 16.2 Å². The summed E-state index contributed by atoms with van der Waals surface area (Å²) in [5.74, 6) is -0.0596. The topological polar surface area (TPSA) is 75.3 Å². The number of aliphatic hydroxyl groups is 1. The fourth-order valence-corrected chi connectivity index (χ4v) is 3.12. The van der Waals surface area contributed by atoms with Crippen molar-refractivity contribution in [3.05, 3.63) is 0 Å². The Morgan fingerprint density at radius 2 is 1.32 bits per heavy atom. The minimum atomic E-state index is -0.495. The number of hydrogen-bond acceptors (Lipinski definition) is 3. The molecule has 0 fully saturated rings. The summed E-state index contributed by atoms with van der Waals surface area (Å²) in [7, 11) is 0. The van der Waals surface area contributed by atoms with Crippen LogP contribution in [0.5, 0.6) is 0 Å². The van der Waals surface area contributed by atoms with E-state index in [9.17, 15) is 9.90 Å². The molecular formula is C21H44N2O2. The molecule has 1 atom stereocenters. The largest absolute Gasteiger partial charge is 0.393 e. The number of rotatable bonds is 19. The molecule has 0 unspecified atom stereocenters. The van der Waals surface area contributed by atoms with Gasteiger partial charge in [0.25, 0.3) is 0 Å². The van der Waals surface area contributed by atoms with E-state index >= 15 is 0 Å². The van der Waals surface area contributed by atoms with Crippen molar-refractivity contribution in [3.63, 3.8) is 0 Å². The van der Waals surface area contributed by atoms with Gasteiger partial charge >= 0.3 is 0 Å². The maximum Gasteiger partial charge on any atom is 0.222 e. The highest BCUT2D eigenvalue weighted by Crippen LogP contribution is 2.13. The molecule has 0 aromatic carbocycles. The molecule has 4 heteroatoms. The fourth-order valence-electron chi connectivity index (χ4n) is 3.12. The Bertz CT molecular complexity index is 285.